The van der Waals surface area contributed by atoms with Gasteiger partial charge >= 0.3 is 11.8 Å². The third-order valence-corrected chi connectivity index (χ3v) is 7.23. The Hall–Kier alpha value is -4.45. The molecule has 0 aliphatic carbocycles. The summed E-state index contributed by atoms with van der Waals surface area (Å²) in [5, 5.41) is 16.4. The zero-order valence-electron chi connectivity index (χ0n) is 23.5. The smallest absolute Gasteiger partial charge is 0.333 e. The molecule has 0 bridgehead atoms. The van der Waals surface area contributed by atoms with Crippen LogP contribution in [-0.4, -0.2) is 85.5 Å². The number of carboxylic acids is 1. The highest BCUT2D eigenvalue weighted by atomic mass is 19.1. The first-order valence-corrected chi connectivity index (χ1v) is 14.3. The van der Waals surface area contributed by atoms with Crippen LogP contribution >= 0.6 is 0 Å². The SMILES string of the molecule is O=C(O)[C@H](CCN(CCCCc1ccc2c(n1)NCCC2)CCOc1cncc(F)c1)Nc1cc([N+]2=CC=C2)ncn1. The number of unbranched alkanes of at least 4 members (excludes halogenated alkanes) is 1. The highest BCUT2D eigenvalue weighted by Crippen LogP contribution is 2.21. The molecule has 11 nitrogen and oxygen atoms in total. The van der Waals surface area contributed by atoms with Gasteiger partial charge in [-0.25, -0.2) is 18.7 Å². The first-order chi connectivity index (χ1) is 20.5. The summed E-state index contributed by atoms with van der Waals surface area (Å²) < 4.78 is 21.1. The molecule has 3 aromatic rings. The van der Waals surface area contributed by atoms with E-state index in [9.17, 15) is 14.3 Å². The number of hydrogen-bond donors (Lipinski definition) is 3. The molecule has 3 aromatic heterocycles. The summed E-state index contributed by atoms with van der Waals surface area (Å²) in [6, 6.07) is 6.46. The number of fused-ring (bicyclic) bond motifs is 1. The van der Waals surface area contributed by atoms with Crippen LogP contribution in [0.4, 0.5) is 21.8 Å². The maximum Gasteiger partial charge on any atom is 0.333 e. The Bertz CT molecular complexity index is 1430. The molecule has 42 heavy (non-hydrogen) atoms. The highest BCUT2D eigenvalue weighted by Gasteiger charge is 2.21. The lowest BCUT2D eigenvalue weighted by atomic mass is 10.1. The Morgan fingerprint density at radius 3 is 2.90 bits per heavy atom. The lowest BCUT2D eigenvalue weighted by molar-refractivity contribution is -0.369. The van der Waals surface area contributed by atoms with Crippen LogP contribution in [0.2, 0.25) is 0 Å². The summed E-state index contributed by atoms with van der Waals surface area (Å²) in [5.74, 6) is 1.06. The van der Waals surface area contributed by atoms with Crippen molar-refractivity contribution in [2.45, 2.75) is 44.6 Å². The third-order valence-electron chi connectivity index (χ3n) is 7.23. The molecule has 3 N–H and O–H groups in total. The number of pyridine rings is 2. The number of halogens is 1. The van der Waals surface area contributed by atoms with E-state index in [1.165, 1.54) is 24.2 Å². The van der Waals surface area contributed by atoms with Gasteiger partial charge in [0, 0.05) is 37.5 Å². The Labute approximate surface area is 244 Å². The molecule has 5 heterocycles. The monoisotopic (exact) mass is 575 g/mol. The van der Waals surface area contributed by atoms with Crippen LogP contribution in [0.3, 0.4) is 0 Å². The molecular formula is C30H36FN8O3+. The summed E-state index contributed by atoms with van der Waals surface area (Å²) in [7, 11) is 0. The number of hydrogen-bond acceptors (Lipinski definition) is 9. The predicted molar refractivity (Wildman–Crippen MR) is 157 cm³/mol. The molecule has 0 unspecified atom stereocenters. The summed E-state index contributed by atoms with van der Waals surface area (Å²) in [4.78, 5) is 31.3. The number of nitrogens with zero attached hydrogens (tertiary/aromatic N) is 6. The molecule has 0 saturated heterocycles. The molecule has 0 aromatic carbocycles. The van der Waals surface area contributed by atoms with Crippen LogP contribution in [0, 0.1) is 5.82 Å². The van der Waals surface area contributed by atoms with E-state index in [-0.39, 0.29) is 0 Å². The topological polar surface area (TPSA) is 128 Å². The number of carboxylic acid groups (broad SMARTS) is 1. The van der Waals surface area contributed by atoms with Gasteiger partial charge in [-0.3, -0.25) is 9.88 Å². The summed E-state index contributed by atoms with van der Waals surface area (Å²) in [6.07, 6.45) is 14.9. The molecule has 5 rings (SSSR count). The van der Waals surface area contributed by atoms with Crippen LogP contribution in [0.1, 0.15) is 36.9 Å². The van der Waals surface area contributed by atoms with Crippen LogP contribution in [0.15, 0.2) is 55.3 Å². The van der Waals surface area contributed by atoms with Crippen molar-refractivity contribution >= 4 is 29.6 Å². The average Bonchev–Trinajstić information content (AvgIpc) is 2.96. The number of ether oxygens (including phenoxy) is 1. The predicted octanol–water partition coefficient (Wildman–Crippen LogP) is 3.67. The number of aryl methyl sites for hydroxylation is 2. The first-order valence-electron chi connectivity index (χ1n) is 14.3. The van der Waals surface area contributed by atoms with Crippen molar-refractivity contribution in [2.75, 3.05) is 43.4 Å². The fourth-order valence-electron chi connectivity index (χ4n) is 4.89. The Morgan fingerprint density at radius 2 is 2.10 bits per heavy atom. The fourth-order valence-corrected chi connectivity index (χ4v) is 4.89. The Kier molecular flexibility index (Phi) is 9.99. The van der Waals surface area contributed by atoms with Gasteiger partial charge in [0.1, 0.15) is 35.9 Å². The van der Waals surface area contributed by atoms with Crippen molar-refractivity contribution in [3.05, 3.63) is 72.3 Å². The normalized spacial score (nSPS) is 14.4. The van der Waals surface area contributed by atoms with E-state index in [0.717, 1.165) is 62.9 Å². The number of aliphatic carboxylic acids is 1. The molecule has 12 heteroatoms. The van der Waals surface area contributed by atoms with Crippen LogP contribution in [0.5, 0.6) is 5.75 Å². The number of allylic oxidation sites excluding steroid dienone is 1. The number of rotatable bonds is 16. The zero-order chi connectivity index (χ0) is 29.1. The molecule has 0 fully saturated rings. The van der Waals surface area contributed by atoms with Crippen molar-refractivity contribution in [1.29, 1.82) is 0 Å². The van der Waals surface area contributed by atoms with Gasteiger partial charge in [-0.05, 0) is 61.7 Å². The summed E-state index contributed by atoms with van der Waals surface area (Å²) in [6.45, 7) is 3.12. The van der Waals surface area contributed by atoms with E-state index in [1.807, 2.05) is 23.1 Å². The number of anilines is 2. The second kappa shape index (κ2) is 14.4. The molecule has 0 radical (unpaired) electrons. The van der Waals surface area contributed by atoms with Crippen LogP contribution < -0.4 is 15.4 Å². The van der Waals surface area contributed by atoms with Gasteiger partial charge in [-0.15, -0.1) is 0 Å². The molecule has 0 spiro atoms. The second-order valence-corrected chi connectivity index (χ2v) is 10.3. The number of carbonyl (C=O) groups is 1. The largest absolute Gasteiger partial charge is 0.491 e. The van der Waals surface area contributed by atoms with Crippen molar-refractivity contribution in [1.82, 2.24) is 24.8 Å². The lowest BCUT2D eigenvalue weighted by Gasteiger charge is -2.24. The minimum absolute atomic E-state index is 0.323. The van der Waals surface area contributed by atoms with Crippen LogP contribution in [0.25, 0.3) is 0 Å². The van der Waals surface area contributed by atoms with Gasteiger partial charge in [0.15, 0.2) is 0 Å². The first kappa shape index (κ1) is 29.1. The van der Waals surface area contributed by atoms with E-state index in [2.05, 4.69) is 42.6 Å². The van der Waals surface area contributed by atoms with Gasteiger partial charge < -0.3 is 20.5 Å². The van der Waals surface area contributed by atoms with E-state index >= 15 is 0 Å². The number of aromatic nitrogens is 4. The molecule has 2 aliphatic heterocycles. The minimum atomic E-state index is -0.959. The number of nitrogens with one attached hydrogen (secondary N) is 2. The van der Waals surface area contributed by atoms with E-state index in [4.69, 9.17) is 9.72 Å². The maximum absolute atomic E-state index is 13.5. The fraction of sp³-hybridized carbons (Fsp3) is 0.400. The Morgan fingerprint density at radius 1 is 1.19 bits per heavy atom. The molecule has 1 atom stereocenters. The molecule has 0 saturated carbocycles. The standard InChI is InChI=1S/C30H35FN8O3/c31-23-17-25(20-32-19-23)42-16-15-38(11-2-1-6-24-8-7-22-5-3-10-33-29(22)36-24)14-9-26(30(40)41)37-27-18-28(35-21-34-27)39-12-4-13-39/h4,7-8,12-13,17-21,26H,1-3,5-6,9-11,14-16H2,(H2-,33,34,35,36,37,40,41)/p+1/t26-/m0/s1. The highest BCUT2D eigenvalue weighted by molar-refractivity contribution is 5.77. The molecule has 220 valence electrons. The van der Waals surface area contributed by atoms with Crippen molar-refractivity contribution < 1.29 is 23.6 Å². The van der Waals surface area contributed by atoms with Gasteiger partial charge in [-0.1, -0.05) is 6.07 Å². The second-order valence-electron chi connectivity index (χ2n) is 10.3. The maximum atomic E-state index is 13.5. The quantitative estimate of drug-likeness (QED) is 0.172. The third kappa shape index (κ3) is 8.29. The Balaban J connectivity index is 1.15. The zero-order valence-corrected chi connectivity index (χ0v) is 23.5. The van der Waals surface area contributed by atoms with E-state index in [1.54, 1.807) is 6.07 Å². The van der Waals surface area contributed by atoms with Gasteiger partial charge in [0.25, 0.3) is 0 Å². The van der Waals surface area contributed by atoms with Crippen molar-refractivity contribution in [3.8, 4) is 5.75 Å². The summed E-state index contributed by atoms with van der Waals surface area (Å²) >= 11 is 0. The van der Waals surface area contributed by atoms with Gasteiger partial charge in [0.05, 0.1) is 30.9 Å². The molecular weight excluding hydrogens is 539 g/mol. The average molecular weight is 576 g/mol. The molecule has 0 amide bonds. The van der Waals surface area contributed by atoms with Gasteiger partial charge in [0.2, 0.25) is 6.33 Å². The van der Waals surface area contributed by atoms with E-state index in [0.29, 0.717) is 43.5 Å². The van der Waals surface area contributed by atoms with Crippen LogP contribution in [-0.2, 0) is 17.6 Å². The van der Waals surface area contributed by atoms with Gasteiger partial charge in [-0.2, -0.15) is 4.98 Å². The summed E-state index contributed by atoms with van der Waals surface area (Å²) in [5.41, 5.74) is 2.35. The minimum Gasteiger partial charge on any atom is -0.491 e. The molecule has 2 aliphatic rings. The van der Waals surface area contributed by atoms with Crippen molar-refractivity contribution in [3.63, 3.8) is 0 Å². The van der Waals surface area contributed by atoms with Crippen molar-refractivity contribution in [2.24, 2.45) is 0 Å². The van der Waals surface area contributed by atoms with E-state index < -0.39 is 17.8 Å². The lowest BCUT2D eigenvalue weighted by Crippen LogP contribution is -2.37.